The quantitative estimate of drug-likeness (QED) is 0.536. The SMILES string of the molecule is C[C@H]1OC(C)(C)NC1C=O. The highest BCUT2D eigenvalue weighted by molar-refractivity contribution is 5.59. The van der Waals surface area contributed by atoms with Crippen molar-refractivity contribution in [2.24, 2.45) is 0 Å². The van der Waals surface area contributed by atoms with Gasteiger partial charge in [-0.2, -0.15) is 0 Å². The summed E-state index contributed by atoms with van der Waals surface area (Å²) >= 11 is 0. The fourth-order valence-corrected chi connectivity index (χ4v) is 1.24. The number of carbonyl (C=O) groups excluding carboxylic acids is 1. The first-order valence-corrected chi connectivity index (χ1v) is 3.46. The van der Waals surface area contributed by atoms with Gasteiger partial charge in [-0.1, -0.05) is 0 Å². The Bertz CT molecular complexity index is 145. The maximum absolute atomic E-state index is 10.4. The van der Waals surface area contributed by atoms with Crippen LogP contribution in [0.5, 0.6) is 0 Å². The molecule has 0 aromatic heterocycles. The van der Waals surface area contributed by atoms with Crippen molar-refractivity contribution < 1.29 is 9.53 Å². The number of ether oxygens (including phenoxy) is 1. The second kappa shape index (κ2) is 2.32. The van der Waals surface area contributed by atoms with E-state index in [1.54, 1.807) is 0 Å². The number of hydrogen-bond donors (Lipinski definition) is 1. The third kappa shape index (κ3) is 1.36. The molecule has 1 N–H and O–H groups in total. The number of carbonyl (C=O) groups is 1. The summed E-state index contributed by atoms with van der Waals surface area (Å²) in [5.74, 6) is 0. The van der Waals surface area contributed by atoms with E-state index in [2.05, 4.69) is 5.32 Å². The standard InChI is InChI=1S/C7H13NO2/c1-5-6(4-9)8-7(2,3)10-5/h4-6,8H,1-3H3/t5-,6?/m1/s1. The highest BCUT2D eigenvalue weighted by atomic mass is 16.5. The van der Waals surface area contributed by atoms with Crippen molar-refractivity contribution in [2.45, 2.75) is 38.6 Å². The van der Waals surface area contributed by atoms with Gasteiger partial charge in [-0.15, -0.1) is 0 Å². The van der Waals surface area contributed by atoms with Gasteiger partial charge in [0.05, 0.1) is 12.1 Å². The second-order valence-corrected chi connectivity index (χ2v) is 3.14. The average Bonchev–Trinajstić information content (AvgIpc) is 2.05. The Morgan fingerprint density at radius 1 is 1.60 bits per heavy atom. The van der Waals surface area contributed by atoms with Gasteiger partial charge in [0, 0.05) is 0 Å². The molecule has 1 rings (SSSR count). The Hall–Kier alpha value is -0.410. The van der Waals surface area contributed by atoms with Crippen LogP contribution in [0.2, 0.25) is 0 Å². The van der Waals surface area contributed by atoms with Gasteiger partial charge < -0.3 is 9.53 Å². The van der Waals surface area contributed by atoms with Crippen molar-refractivity contribution in [1.29, 1.82) is 0 Å². The van der Waals surface area contributed by atoms with Crippen LogP contribution in [0.15, 0.2) is 0 Å². The fourth-order valence-electron chi connectivity index (χ4n) is 1.24. The molecule has 0 radical (unpaired) electrons. The predicted octanol–water partition coefficient (Wildman–Crippen LogP) is 0.298. The lowest BCUT2D eigenvalue weighted by Crippen LogP contribution is -2.39. The molecule has 1 saturated heterocycles. The zero-order valence-corrected chi connectivity index (χ0v) is 6.55. The van der Waals surface area contributed by atoms with Crippen molar-refractivity contribution in [3.63, 3.8) is 0 Å². The number of aldehydes is 1. The minimum absolute atomic E-state index is 0.00694. The first kappa shape index (κ1) is 7.69. The van der Waals surface area contributed by atoms with Crippen LogP contribution in [0.4, 0.5) is 0 Å². The van der Waals surface area contributed by atoms with Gasteiger partial charge >= 0.3 is 0 Å². The second-order valence-electron chi connectivity index (χ2n) is 3.14. The van der Waals surface area contributed by atoms with E-state index in [4.69, 9.17) is 4.74 Å². The van der Waals surface area contributed by atoms with Gasteiger partial charge in [0.25, 0.3) is 0 Å². The lowest BCUT2D eigenvalue weighted by molar-refractivity contribution is -0.110. The summed E-state index contributed by atoms with van der Waals surface area (Å²) in [7, 11) is 0. The Kier molecular flexibility index (Phi) is 1.79. The molecule has 0 bridgehead atoms. The molecule has 0 spiro atoms. The van der Waals surface area contributed by atoms with Crippen LogP contribution in [0.1, 0.15) is 20.8 Å². The third-order valence-corrected chi connectivity index (χ3v) is 1.65. The Morgan fingerprint density at radius 3 is 2.40 bits per heavy atom. The van der Waals surface area contributed by atoms with Gasteiger partial charge in [0.2, 0.25) is 0 Å². The monoisotopic (exact) mass is 143 g/mol. The van der Waals surface area contributed by atoms with E-state index in [0.29, 0.717) is 0 Å². The topological polar surface area (TPSA) is 38.3 Å². The van der Waals surface area contributed by atoms with Crippen LogP contribution in [-0.4, -0.2) is 24.2 Å². The van der Waals surface area contributed by atoms with Gasteiger partial charge in [0.15, 0.2) is 0 Å². The molecule has 3 nitrogen and oxygen atoms in total. The van der Waals surface area contributed by atoms with E-state index >= 15 is 0 Å². The van der Waals surface area contributed by atoms with Gasteiger partial charge in [-0.05, 0) is 20.8 Å². The first-order valence-electron chi connectivity index (χ1n) is 3.46. The van der Waals surface area contributed by atoms with Gasteiger partial charge in [-0.25, -0.2) is 0 Å². The fraction of sp³-hybridized carbons (Fsp3) is 0.857. The summed E-state index contributed by atoms with van der Waals surface area (Å²) < 4.78 is 5.41. The zero-order valence-electron chi connectivity index (χ0n) is 6.55. The van der Waals surface area contributed by atoms with E-state index in [9.17, 15) is 4.79 Å². The molecule has 1 aliphatic heterocycles. The molecule has 0 saturated carbocycles. The van der Waals surface area contributed by atoms with Crippen molar-refractivity contribution in [3.05, 3.63) is 0 Å². The molecule has 0 aliphatic carbocycles. The largest absolute Gasteiger partial charge is 0.356 e. The minimum Gasteiger partial charge on any atom is -0.356 e. The molecular weight excluding hydrogens is 130 g/mol. The molecule has 0 amide bonds. The molecule has 58 valence electrons. The molecule has 3 heteroatoms. The summed E-state index contributed by atoms with van der Waals surface area (Å²) in [6, 6.07) is -0.144. The summed E-state index contributed by atoms with van der Waals surface area (Å²) in [5, 5.41) is 3.04. The molecular formula is C7H13NO2. The van der Waals surface area contributed by atoms with Crippen molar-refractivity contribution >= 4 is 6.29 Å². The molecule has 1 fully saturated rings. The van der Waals surface area contributed by atoms with E-state index in [1.807, 2.05) is 20.8 Å². The Balaban J connectivity index is 2.60. The minimum atomic E-state index is -0.342. The first-order chi connectivity index (χ1) is 4.55. The van der Waals surface area contributed by atoms with Crippen molar-refractivity contribution in [3.8, 4) is 0 Å². The van der Waals surface area contributed by atoms with E-state index < -0.39 is 0 Å². The van der Waals surface area contributed by atoms with Crippen LogP contribution >= 0.6 is 0 Å². The number of nitrogens with one attached hydrogen (secondary N) is 1. The van der Waals surface area contributed by atoms with Crippen LogP contribution in [-0.2, 0) is 9.53 Å². The van der Waals surface area contributed by atoms with E-state index in [1.165, 1.54) is 0 Å². The summed E-state index contributed by atoms with van der Waals surface area (Å²) in [5.41, 5.74) is -0.342. The Morgan fingerprint density at radius 2 is 2.20 bits per heavy atom. The zero-order chi connectivity index (χ0) is 7.78. The summed E-state index contributed by atoms with van der Waals surface area (Å²) in [6.45, 7) is 5.71. The normalized spacial score (nSPS) is 37.9. The highest BCUT2D eigenvalue weighted by Gasteiger charge is 2.36. The van der Waals surface area contributed by atoms with Crippen LogP contribution < -0.4 is 5.32 Å². The molecule has 1 heterocycles. The Labute approximate surface area is 60.7 Å². The summed E-state index contributed by atoms with van der Waals surface area (Å²) in [4.78, 5) is 10.4. The van der Waals surface area contributed by atoms with Crippen LogP contribution in [0, 0.1) is 0 Å². The van der Waals surface area contributed by atoms with Crippen molar-refractivity contribution in [1.82, 2.24) is 5.32 Å². The summed E-state index contributed by atoms with van der Waals surface area (Å²) in [6.07, 6.45) is 0.881. The van der Waals surface area contributed by atoms with Crippen LogP contribution in [0.3, 0.4) is 0 Å². The smallest absolute Gasteiger partial charge is 0.139 e. The average molecular weight is 143 g/mol. The number of hydrogen-bond acceptors (Lipinski definition) is 3. The molecule has 0 aromatic rings. The number of rotatable bonds is 1. The highest BCUT2D eigenvalue weighted by Crippen LogP contribution is 2.18. The van der Waals surface area contributed by atoms with E-state index in [-0.39, 0.29) is 17.9 Å². The lowest BCUT2D eigenvalue weighted by Gasteiger charge is -2.16. The van der Waals surface area contributed by atoms with Crippen molar-refractivity contribution in [2.75, 3.05) is 0 Å². The van der Waals surface area contributed by atoms with Gasteiger partial charge in [-0.3, -0.25) is 5.32 Å². The predicted molar refractivity (Wildman–Crippen MR) is 37.6 cm³/mol. The van der Waals surface area contributed by atoms with Gasteiger partial charge in [0.1, 0.15) is 12.0 Å². The van der Waals surface area contributed by atoms with E-state index in [0.717, 1.165) is 6.29 Å². The third-order valence-electron chi connectivity index (χ3n) is 1.65. The maximum Gasteiger partial charge on any atom is 0.139 e. The van der Waals surface area contributed by atoms with Crippen LogP contribution in [0.25, 0.3) is 0 Å². The molecule has 1 unspecified atom stereocenters. The molecule has 0 aromatic carbocycles. The molecule has 2 atom stereocenters. The molecule has 10 heavy (non-hydrogen) atoms. The molecule has 1 aliphatic rings. The maximum atomic E-state index is 10.4. The lowest BCUT2D eigenvalue weighted by atomic mass is 10.2.